The van der Waals surface area contributed by atoms with E-state index in [1.165, 1.54) is 11.8 Å². The van der Waals surface area contributed by atoms with Crippen LogP contribution in [0.4, 0.5) is 5.69 Å². The zero-order valence-electron chi connectivity index (χ0n) is 10.9. The van der Waals surface area contributed by atoms with Crippen molar-refractivity contribution in [1.29, 1.82) is 0 Å². The lowest BCUT2D eigenvalue weighted by atomic mass is 10.3. The molecule has 0 aromatic heterocycles. The molecule has 0 heterocycles. The molecule has 0 aliphatic rings. The van der Waals surface area contributed by atoms with Gasteiger partial charge in [-0.2, -0.15) is 0 Å². The molecule has 0 fully saturated rings. The van der Waals surface area contributed by atoms with Gasteiger partial charge in [0, 0.05) is 30.2 Å². The SMILES string of the molecule is CCS(=O)(=O)NCCN(C(C)=O)c1ccc(Br)cc1. The molecule has 5 nitrogen and oxygen atoms in total. The molecule has 1 amide bonds. The largest absolute Gasteiger partial charge is 0.311 e. The predicted octanol–water partition coefficient (Wildman–Crippen LogP) is 1.74. The summed E-state index contributed by atoms with van der Waals surface area (Å²) >= 11 is 3.32. The van der Waals surface area contributed by atoms with Gasteiger partial charge >= 0.3 is 0 Å². The van der Waals surface area contributed by atoms with Crippen molar-refractivity contribution in [1.82, 2.24) is 4.72 Å². The number of nitrogens with zero attached hydrogens (tertiary/aromatic N) is 1. The number of anilines is 1. The van der Waals surface area contributed by atoms with Gasteiger partial charge in [-0.3, -0.25) is 4.79 Å². The Hall–Kier alpha value is -0.920. The van der Waals surface area contributed by atoms with Gasteiger partial charge < -0.3 is 4.90 Å². The van der Waals surface area contributed by atoms with Crippen molar-refractivity contribution in [3.05, 3.63) is 28.7 Å². The van der Waals surface area contributed by atoms with Crippen molar-refractivity contribution in [2.75, 3.05) is 23.7 Å². The van der Waals surface area contributed by atoms with Gasteiger partial charge in [0.25, 0.3) is 0 Å². The number of carbonyl (C=O) groups excluding carboxylic acids is 1. The van der Waals surface area contributed by atoms with Crippen LogP contribution in [0.15, 0.2) is 28.7 Å². The van der Waals surface area contributed by atoms with Gasteiger partial charge in [-0.05, 0) is 31.2 Å². The molecule has 106 valence electrons. The summed E-state index contributed by atoms with van der Waals surface area (Å²) in [6.45, 7) is 3.53. The highest BCUT2D eigenvalue weighted by atomic mass is 79.9. The second kappa shape index (κ2) is 7.02. The van der Waals surface area contributed by atoms with Gasteiger partial charge in [0.15, 0.2) is 0 Å². The Bertz CT molecular complexity index is 528. The Labute approximate surface area is 122 Å². The van der Waals surface area contributed by atoms with E-state index in [2.05, 4.69) is 20.7 Å². The van der Waals surface area contributed by atoms with Gasteiger partial charge in [-0.25, -0.2) is 13.1 Å². The maximum Gasteiger partial charge on any atom is 0.223 e. The smallest absolute Gasteiger partial charge is 0.223 e. The van der Waals surface area contributed by atoms with Gasteiger partial charge in [0.05, 0.1) is 5.75 Å². The van der Waals surface area contributed by atoms with Crippen molar-refractivity contribution < 1.29 is 13.2 Å². The molecular weight excluding hydrogens is 332 g/mol. The average Bonchev–Trinajstić information content (AvgIpc) is 2.36. The molecule has 1 rings (SSSR count). The summed E-state index contributed by atoms with van der Waals surface area (Å²) in [6, 6.07) is 7.28. The quantitative estimate of drug-likeness (QED) is 0.851. The second-order valence-electron chi connectivity index (χ2n) is 3.94. The van der Waals surface area contributed by atoms with Gasteiger partial charge in [-0.15, -0.1) is 0 Å². The summed E-state index contributed by atoms with van der Waals surface area (Å²) < 4.78 is 26.0. The fraction of sp³-hybridized carbons (Fsp3) is 0.417. The lowest BCUT2D eigenvalue weighted by molar-refractivity contribution is -0.116. The molecule has 1 aromatic rings. The van der Waals surface area contributed by atoms with Crippen LogP contribution >= 0.6 is 15.9 Å². The van der Waals surface area contributed by atoms with Crippen molar-refractivity contribution in [2.45, 2.75) is 13.8 Å². The van der Waals surface area contributed by atoms with Crippen LogP contribution in [0.3, 0.4) is 0 Å². The van der Waals surface area contributed by atoms with Gasteiger partial charge in [-0.1, -0.05) is 15.9 Å². The molecule has 19 heavy (non-hydrogen) atoms. The molecular formula is C12H17BrN2O3S. The second-order valence-corrected chi connectivity index (χ2v) is 6.96. The van der Waals surface area contributed by atoms with E-state index in [0.717, 1.165) is 10.2 Å². The minimum absolute atomic E-state index is 0.0331. The molecule has 0 spiro atoms. The highest BCUT2D eigenvalue weighted by Gasteiger charge is 2.12. The molecule has 0 aliphatic heterocycles. The average molecular weight is 349 g/mol. The van der Waals surface area contributed by atoms with E-state index in [1.807, 2.05) is 12.1 Å². The minimum Gasteiger partial charge on any atom is -0.311 e. The van der Waals surface area contributed by atoms with Crippen LogP contribution in [0.2, 0.25) is 0 Å². The number of amides is 1. The van der Waals surface area contributed by atoms with Crippen LogP contribution in [0.25, 0.3) is 0 Å². The molecule has 0 aliphatic carbocycles. The molecule has 7 heteroatoms. The third-order valence-electron chi connectivity index (χ3n) is 2.56. The third kappa shape index (κ3) is 5.30. The first-order valence-corrected chi connectivity index (χ1v) is 8.31. The molecule has 0 saturated carbocycles. The van der Waals surface area contributed by atoms with E-state index >= 15 is 0 Å². The summed E-state index contributed by atoms with van der Waals surface area (Å²) in [6.07, 6.45) is 0. The molecule has 0 unspecified atom stereocenters. The summed E-state index contributed by atoms with van der Waals surface area (Å²) in [7, 11) is -3.23. The first-order chi connectivity index (χ1) is 8.85. The van der Waals surface area contributed by atoms with Crippen molar-refractivity contribution >= 4 is 37.5 Å². The number of halogens is 1. The summed E-state index contributed by atoms with van der Waals surface area (Å²) in [4.78, 5) is 13.1. The fourth-order valence-corrected chi connectivity index (χ4v) is 2.38. The third-order valence-corrected chi connectivity index (χ3v) is 4.49. The number of hydrogen-bond donors (Lipinski definition) is 1. The van der Waals surface area contributed by atoms with Crippen LogP contribution in [-0.2, 0) is 14.8 Å². The Balaban J connectivity index is 2.69. The van der Waals surface area contributed by atoms with Crippen molar-refractivity contribution in [2.24, 2.45) is 0 Å². The number of rotatable bonds is 6. The molecule has 1 aromatic carbocycles. The van der Waals surface area contributed by atoms with E-state index in [1.54, 1.807) is 19.1 Å². The van der Waals surface area contributed by atoms with Crippen molar-refractivity contribution in [3.63, 3.8) is 0 Å². The zero-order valence-corrected chi connectivity index (χ0v) is 13.3. The summed E-state index contributed by atoms with van der Waals surface area (Å²) in [5.41, 5.74) is 0.742. The molecule has 0 atom stereocenters. The predicted molar refractivity (Wildman–Crippen MR) is 79.6 cm³/mol. The van der Waals surface area contributed by atoms with Crippen LogP contribution in [-0.4, -0.2) is 33.2 Å². The van der Waals surface area contributed by atoms with Gasteiger partial charge in [0.2, 0.25) is 15.9 Å². The highest BCUT2D eigenvalue weighted by molar-refractivity contribution is 9.10. The van der Waals surface area contributed by atoms with E-state index in [4.69, 9.17) is 0 Å². The number of nitrogens with one attached hydrogen (secondary N) is 1. The van der Waals surface area contributed by atoms with E-state index in [-0.39, 0.29) is 18.2 Å². The lowest BCUT2D eigenvalue weighted by Crippen LogP contribution is -2.38. The van der Waals surface area contributed by atoms with Crippen LogP contribution < -0.4 is 9.62 Å². The van der Waals surface area contributed by atoms with E-state index in [9.17, 15) is 13.2 Å². The highest BCUT2D eigenvalue weighted by Crippen LogP contribution is 2.18. The standard InChI is InChI=1S/C12H17BrN2O3S/c1-3-19(17,18)14-8-9-15(10(2)16)12-6-4-11(13)5-7-12/h4-7,14H,3,8-9H2,1-2H3. The van der Waals surface area contributed by atoms with E-state index < -0.39 is 10.0 Å². The summed E-state index contributed by atoms with van der Waals surface area (Å²) in [5.74, 6) is -0.0937. The fourth-order valence-electron chi connectivity index (χ4n) is 1.50. The van der Waals surface area contributed by atoms with Crippen LogP contribution in [0, 0.1) is 0 Å². The number of benzene rings is 1. The monoisotopic (exact) mass is 348 g/mol. The molecule has 1 N–H and O–H groups in total. The number of carbonyl (C=O) groups is 1. The minimum atomic E-state index is -3.23. The zero-order chi connectivity index (χ0) is 14.5. The normalized spacial score (nSPS) is 11.3. The first kappa shape index (κ1) is 16.1. The maximum absolute atomic E-state index is 11.6. The van der Waals surface area contributed by atoms with Gasteiger partial charge in [0.1, 0.15) is 0 Å². The van der Waals surface area contributed by atoms with Crippen LogP contribution in [0.5, 0.6) is 0 Å². The van der Waals surface area contributed by atoms with E-state index in [0.29, 0.717) is 6.54 Å². The van der Waals surface area contributed by atoms with Crippen molar-refractivity contribution in [3.8, 4) is 0 Å². The molecule has 0 radical (unpaired) electrons. The Morgan fingerprint density at radius 2 is 1.89 bits per heavy atom. The Morgan fingerprint density at radius 3 is 2.37 bits per heavy atom. The maximum atomic E-state index is 11.6. The first-order valence-electron chi connectivity index (χ1n) is 5.86. The topological polar surface area (TPSA) is 66.5 Å². The van der Waals surface area contributed by atoms with Crippen LogP contribution in [0.1, 0.15) is 13.8 Å². The molecule has 0 bridgehead atoms. The molecule has 0 saturated heterocycles. The Morgan fingerprint density at radius 1 is 1.32 bits per heavy atom. The Kier molecular flexibility index (Phi) is 5.96. The lowest BCUT2D eigenvalue weighted by Gasteiger charge is -2.21. The number of hydrogen-bond acceptors (Lipinski definition) is 3. The summed E-state index contributed by atoms with van der Waals surface area (Å²) in [5, 5.41) is 0. The number of sulfonamides is 1.